The molecule has 0 atom stereocenters. The average Bonchev–Trinajstić information content (AvgIpc) is 2.72. The third-order valence-electron chi connectivity index (χ3n) is 4.89. The van der Waals surface area contributed by atoms with E-state index in [0.717, 1.165) is 25.1 Å². The molecule has 0 fully saturated rings. The minimum absolute atomic E-state index is 0.638. The molecule has 0 radical (unpaired) electrons. The lowest BCUT2D eigenvalue weighted by Gasteiger charge is -2.33. The highest BCUT2D eigenvalue weighted by molar-refractivity contribution is 7.99. The van der Waals surface area contributed by atoms with Gasteiger partial charge in [0.05, 0.1) is 18.5 Å². The Labute approximate surface area is 171 Å². The van der Waals surface area contributed by atoms with Gasteiger partial charge >= 0.3 is 0 Å². The fourth-order valence-electron chi connectivity index (χ4n) is 3.50. The molecular formula is C23H25N3OS. The molecule has 1 aromatic heterocycles. The van der Waals surface area contributed by atoms with Crippen molar-refractivity contribution in [3.63, 3.8) is 0 Å². The van der Waals surface area contributed by atoms with Crippen LogP contribution in [0.3, 0.4) is 0 Å². The highest BCUT2D eigenvalue weighted by Gasteiger charge is 2.23. The van der Waals surface area contributed by atoms with Gasteiger partial charge in [-0.25, -0.2) is 4.98 Å². The number of rotatable bonds is 6. The Morgan fingerprint density at radius 3 is 2.57 bits per heavy atom. The number of benzene rings is 2. The summed E-state index contributed by atoms with van der Waals surface area (Å²) in [5.41, 5.74) is 4.89. The van der Waals surface area contributed by atoms with Crippen molar-refractivity contribution >= 4 is 23.1 Å². The monoisotopic (exact) mass is 391 g/mol. The SMILES string of the molecule is COc1cc(-c2ccc3c(c2)Sc2ccccc2N3CCCN(C)C)ccn1. The lowest BCUT2D eigenvalue weighted by molar-refractivity contribution is 0.398. The summed E-state index contributed by atoms with van der Waals surface area (Å²) in [6.45, 7) is 2.08. The second-order valence-corrected chi connectivity index (χ2v) is 8.23. The maximum absolute atomic E-state index is 5.29. The summed E-state index contributed by atoms with van der Waals surface area (Å²) in [4.78, 5) is 11.5. The number of ether oxygens (including phenoxy) is 1. The van der Waals surface area contributed by atoms with Crippen LogP contribution in [0.5, 0.6) is 5.88 Å². The van der Waals surface area contributed by atoms with Crippen LogP contribution in [0.15, 0.2) is 70.6 Å². The fraction of sp³-hybridized carbons (Fsp3) is 0.261. The minimum Gasteiger partial charge on any atom is -0.481 e. The van der Waals surface area contributed by atoms with Crippen LogP contribution >= 0.6 is 11.8 Å². The first-order valence-corrected chi connectivity index (χ1v) is 10.3. The zero-order chi connectivity index (χ0) is 19.5. The van der Waals surface area contributed by atoms with E-state index in [2.05, 4.69) is 71.3 Å². The molecule has 0 spiro atoms. The third kappa shape index (κ3) is 3.86. The fourth-order valence-corrected chi connectivity index (χ4v) is 4.63. The molecular weight excluding hydrogens is 366 g/mol. The van der Waals surface area contributed by atoms with Crippen LogP contribution in [0.2, 0.25) is 0 Å². The molecule has 4 rings (SSSR count). The van der Waals surface area contributed by atoms with Gasteiger partial charge in [-0.1, -0.05) is 30.0 Å². The summed E-state index contributed by atoms with van der Waals surface area (Å²) < 4.78 is 5.29. The van der Waals surface area contributed by atoms with E-state index in [-0.39, 0.29) is 0 Å². The molecule has 0 bridgehead atoms. The van der Waals surface area contributed by atoms with Crippen molar-refractivity contribution in [3.8, 4) is 17.0 Å². The molecule has 0 aliphatic carbocycles. The second-order valence-electron chi connectivity index (χ2n) is 7.15. The largest absolute Gasteiger partial charge is 0.481 e. The van der Waals surface area contributed by atoms with Crippen LogP contribution in [0.25, 0.3) is 11.1 Å². The normalized spacial score (nSPS) is 12.6. The number of methoxy groups -OCH3 is 1. The molecule has 0 amide bonds. The van der Waals surface area contributed by atoms with Crippen LogP contribution in [-0.2, 0) is 0 Å². The Morgan fingerprint density at radius 2 is 1.75 bits per heavy atom. The van der Waals surface area contributed by atoms with Gasteiger partial charge in [-0.3, -0.25) is 0 Å². The van der Waals surface area contributed by atoms with Crippen molar-refractivity contribution in [1.82, 2.24) is 9.88 Å². The van der Waals surface area contributed by atoms with Gasteiger partial charge in [0.1, 0.15) is 0 Å². The summed E-state index contributed by atoms with van der Waals surface area (Å²) in [6, 6.07) is 19.4. The van der Waals surface area contributed by atoms with Gasteiger partial charge in [-0.05, 0) is 68.5 Å². The topological polar surface area (TPSA) is 28.6 Å². The predicted octanol–water partition coefficient (Wildman–Crippen LogP) is 5.31. The molecule has 0 unspecified atom stereocenters. The van der Waals surface area contributed by atoms with Gasteiger partial charge in [0.25, 0.3) is 0 Å². The van der Waals surface area contributed by atoms with E-state index >= 15 is 0 Å². The maximum Gasteiger partial charge on any atom is 0.213 e. The number of fused-ring (bicyclic) bond motifs is 2. The summed E-state index contributed by atoms with van der Waals surface area (Å²) in [7, 11) is 5.91. The highest BCUT2D eigenvalue weighted by Crippen LogP contribution is 2.49. The number of para-hydroxylation sites is 1. The Hall–Kier alpha value is -2.50. The van der Waals surface area contributed by atoms with Crippen LogP contribution < -0.4 is 9.64 Å². The van der Waals surface area contributed by atoms with E-state index in [1.165, 1.54) is 26.7 Å². The first kappa shape index (κ1) is 18.8. The van der Waals surface area contributed by atoms with Gasteiger partial charge in [-0.2, -0.15) is 0 Å². The maximum atomic E-state index is 5.29. The highest BCUT2D eigenvalue weighted by atomic mass is 32.2. The van der Waals surface area contributed by atoms with Crippen molar-refractivity contribution in [2.45, 2.75) is 16.2 Å². The van der Waals surface area contributed by atoms with Crippen molar-refractivity contribution in [3.05, 3.63) is 60.8 Å². The van der Waals surface area contributed by atoms with Crippen molar-refractivity contribution in [2.75, 3.05) is 39.2 Å². The molecule has 3 aromatic rings. The number of aromatic nitrogens is 1. The third-order valence-corrected chi connectivity index (χ3v) is 6.00. The molecule has 0 saturated carbocycles. The average molecular weight is 392 g/mol. The summed E-state index contributed by atoms with van der Waals surface area (Å²) in [6.07, 6.45) is 2.92. The number of anilines is 2. The standard InChI is InChI=1S/C23H25N3OS/c1-25(2)13-6-14-26-19-7-4-5-8-21(19)28-22-15-17(9-10-20(22)26)18-11-12-24-23(16-18)27-3/h4-5,7-12,15-16H,6,13-14H2,1-3H3. The first-order chi connectivity index (χ1) is 13.7. The van der Waals surface area contributed by atoms with Gasteiger partial charge < -0.3 is 14.5 Å². The smallest absolute Gasteiger partial charge is 0.213 e. The van der Waals surface area contributed by atoms with Gasteiger partial charge in [0.2, 0.25) is 5.88 Å². The lowest BCUT2D eigenvalue weighted by Crippen LogP contribution is -2.25. The molecule has 4 nitrogen and oxygen atoms in total. The summed E-state index contributed by atoms with van der Waals surface area (Å²) >= 11 is 1.85. The number of hydrogen-bond donors (Lipinski definition) is 0. The number of hydrogen-bond acceptors (Lipinski definition) is 5. The van der Waals surface area contributed by atoms with Gasteiger partial charge in [0.15, 0.2) is 0 Å². The Balaban J connectivity index is 1.70. The zero-order valence-electron chi connectivity index (χ0n) is 16.6. The van der Waals surface area contributed by atoms with Crippen LogP contribution in [0.1, 0.15) is 6.42 Å². The Kier molecular flexibility index (Phi) is 5.55. The second kappa shape index (κ2) is 8.25. The molecule has 0 saturated heterocycles. The first-order valence-electron chi connectivity index (χ1n) is 9.49. The molecule has 2 heterocycles. The molecule has 28 heavy (non-hydrogen) atoms. The van der Waals surface area contributed by atoms with E-state index in [9.17, 15) is 0 Å². The van der Waals surface area contributed by atoms with E-state index < -0.39 is 0 Å². The molecule has 5 heteroatoms. The zero-order valence-corrected chi connectivity index (χ0v) is 17.4. The van der Waals surface area contributed by atoms with Crippen molar-refractivity contribution in [1.29, 1.82) is 0 Å². The summed E-state index contributed by atoms with van der Waals surface area (Å²) in [5.74, 6) is 0.638. The summed E-state index contributed by atoms with van der Waals surface area (Å²) in [5, 5.41) is 0. The van der Waals surface area contributed by atoms with Crippen molar-refractivity contribution < 1.29 is 4.74 Å². The molecule has 2 aromatic carbocycles. The quantitative estimate of drug-likeness (QED) is 0.568. The Morgan fingerprint density at radius 1 is 0.964 bits per heavy atom. The van der Waals surface area contributed by atoms with E-state index in [4.69, 9.17) is 4.74 Å². The van der Waals surface area contributed by atoms with Gasteiger partial charge in [0, 0.05) is 28.6 Å². The Bertz CT molecular complexity index is 974. The molecule has 1 aliphatic heterocycles. The minimum atomic E-state index is 0.638. The molecule has 144 valence electrons. The van der Waals surface area contributed by atoms with Crippen LogP contribution in [0.4, 0.5) is 11.4 Å². The van der Waals surface area contributed by atoms with E-state index in [1.807, 2.05) is 23.9 Å². The number of pyridine rings is 1. The van der Waals surface area contributed by atoms with Crippen LogP contribution in [0, 0.1) is 0 Å². The van der Waals surface area contributed by atoms with Crippen molar-refractivity contribution in [2.24, 2.45) is 0 Å². The molecule has 0 N–H and O–H groups in total. The van der Waals surface area contributed by atoms with Gasteiger partial charge in [-0.15, -0.1) is 0 Å². The van der Waals surface area contributed by atoms with Crippen LogP contribution in [-0.4, -0.2) is 44.2 Å². The predicted molar refractivity (Wildman–Crippen MR) is 117 cm³/mol. The number of nitrogens with zero attached hydrogens (tertiary/aromatic N) is 3. The van der Waals surface area contributed by atoms with E-state index in [1.54, 1.807) is 13.3 Å². The van der Waals surface area contributed by atoms with E-state index in [0.29, 0.717) is 5.88 Å². The molecule has 1 aliphatic rings. The lowest BCUT2D eigenvalue weighted by atomic mass is 10.1.